The molecule has 3 unspecified atom stereocenters. The van der Waals surface area contributed by atoms with E-state index in [2.05, 4.69) is 74.3 Å². The number of hydrogen-bond acceptors (Lipinski definition) is 2. The monoisotopic (exact) mass is 286 g/mol. The Morgan fingerprint density at radius 3 is 2.67 bits per heavy atom. The molecule has 0 bridgehead atoms. The summed E-state index contributed by atoms with van der Waals surface area (Å²) in [4.78, 5) is 2.66. The molecular formula is C19H30N2. The lowest BCUT2D eigenvalue weighted by Gasteiger charge is -2.43. The van der Waals surface area contributed by atoms with E-state index >= 15 is 0 Å². The molecule has 21 heavy (non-hydrogen) atoms. The summed E-state index contributed by atoms with van der Waals surface area (Å²) in [6.07, 6.45) is 3.61. The van der Waals surface area contributed by atoms with E-state index in [1.807, 2.05) is 0 Å². The largest absolute Gasteiger partial charge is 0.307 e. The van der Waals surface area contributed by atoms with E-state index in [4.69, 9.17) is 0 Å². The molecule has 1 N–H and O–H groups in total. The zero-order valence-corrected chi connectivity index (χ0v) is 14.0. The molecule has 1 heterocycles. The molecule has 1 saturated heterocycles. The second kappa shape index (κ2) is 7.77. The van der Waals surface area contributed by atoms with Crippen molar-refractivity contribution >= 4 is 0 Å². The van der Waals surface area contributed by atoms with Gasteiger partial charge in [-0.25, -0.2) is 0 Å². The molecule has 1 aromatic carbocycles. The maximum absolute atomic E-state index is 3.76. The van der Waals surface area contributed by atoms with Gasteiger partial charge in [0.2, 0.25) is 0 Å². The summed E-state index contributed by atoms with van der Waals surface area (Å²) in [6.45, 7) is 12.3. The van der Waals surface area contributed by atoms with E-state index < -0.39 is 0 Å². The van der Waals surface area contributed by atoms with Gasteiger partial charge in [-0.05, 0) is 25.3 Å². The van der Waals surface area contributed by atoms with E-state index in [0.717, 1.165) is 25.6 Å². The zero-order valence-electron chi connectivity index (χ0n) is 14.0. The van der Waals surface area contributed by atoms with Crippen molar-refractivity contribution in [1.29, 1.82) is 0 Å². The van der Waals surface area contributed by atoms with Crippen LogP contribution in [0.25, 0.3) is 0 Å². The first-order chi connectivity index (χ1) is 10.1. The lowest BCUT2D eigenvalue weighted by Crippen LogP contribution is -2.55. The molecule has 0 saturated carbocycles. The normalized spacial score (nSPS) is 24.6. The van der Waals surface area contributed by atoms with Crippen LogP contribution in [0.4, 0.5) is 0 Å². The Bertz CT molecular complexity index is 448. The zero-order chi connectivity index (χ0) is 15.2. The van der Waals surface area contributed by atoms with Gasteiger partial charge in [0.1, 0.15) is 0 Å². The van der Waals surface area contributed by atoms with Gasteiger partial charge in [0.25, 0.3) is 0 Å². The van der Waals surface area contributed by atoms with E-state index in [-0.39, 0.29) is 0 Å². The standard InChI is InChI=1S/C19H30N2/c1-5-16(4)19-13-20-18(17-9-7-6-8-10-17)14-21(19)12-11-15(2)3/h6-11,16,18-20H,5,12-14H2,1-4H3. The molecule has 0 aliphatic carbocycles. The number of nitrogens with one attached hydrogen (secondary N) is 1. The highest BCUT2D eigenvalue weighted by atomic mass is 15.2. The van der Waals surface area contributed by atoms with Crippen LogP contribution < -0.4 is 5.32 Å². The van der Waals surface area contributed by atoms with Crippen LogP contribution in [0, 0.1) is 5.92 Å². The van der Waals surface area contributed by atoms with Crippen LogP contribution in [0.3, 0.4) is 0 Å². The maximum atomic E-state index is 3.76. The van der Waals surface area contributed by atoms with Gasteiger partial charge in [-0.15, -0.1) is 0 Å². The second-order valence-corrected chi connectivity index (χ2v) is 6.56. The van der Waals surface area contributed by atoms with Crippen LogP contribution >= 0.6 is 0 Å². The van der Waals surface area contributed by atoms with Gasteiger partial charge in [0, 0.05) is 31.7 Å². The van der Waals surface area contributed by atoms with Crippen molar-refractivity contribution in [3.8, 4) is 0 Å². The average molecular weight is 286 g/mol. The molecule has 0 radical (unpaired) electrons. The van der Waals surface area contributed by atoms with Gasteiger partial charge in [-0.2, -0.15) is 0 Å². The van der Waals surface area contributed by atoms with Crippen molar-refractivity contribution < 1.29 is 0 Å². The number of piperazine rings is 1. The second-order valence-electron chi connectivity index (χ2n) is 6.56. The Balaban J connectivity index is 2.10. The summed E-state index contributed by atoms with van der Waals surface area (Å²) in [5.41, 5.74) is 2.81. The van der Waals surface area contributed by atoms with E-state index in [9.17, 15) is 0 Å². The van der Waals surface area contributed by atoms with Crippen molar-refractivity contribution in [2.24, 2.45) is 5.92 Å². The SMILES string of the molecule is CCC(C)C1CNC(c2ccccc2)CN1CC=C(C)C. The van der Waals surface area contributed by atoms with E-state index in [0.29, 0.717) is 12.1 Å². The van der Waals surface area contributed by atoms with Crippen LogP contribution in [0.5, 0.6) is 0 Å². The molecule has 2 rings (SSSR count). The summed E-state index contributed by atoms with van der Waals surface area (Å²) in [5.74, 6) is 0.736. The average Bonchev–Trinajstić information content (AvgIpc) is 2.52. The van der Waals surface area contributed by atoms with Crippen molar-refractivity contribution in [2.45, 2.75) is 46.2 Å². The lowest BCUT2D eigenvalue weighted by molar-refractivity contribution is 0.104. The van der Waals surface area contributed by atoms with Crippen molar-refractivity contribution in [2.75, 3.05) is 19.6 Å². The van der Waals surface area contributed by atoms with Crippen molar-refractivity contribution in [3.05, 3.63) is 47.5 Å². The molecule has 0 aromatic heterocycles. The van der Waals surface area contributed by atoms with Gasteiger partial charge in [-0.3, -0.25) is 4.90 Å². The third-order valence-corrected chi connectivity index (χ3v) is 4.70. The minimum absolute atomic E-state index is 0.456. The molecular weight excluding hydrogens is 256 g/mol. The Hall–Kier alpha value is -1.12. The Labute approximate surface area is 130 Å². The minimum Gasteiger partial charge on any atom is -0.307 e. The molecule has 3 atom stereocenters. The molecule has 1 fully saturated rings. The summed E-state index contributed by atoms with van der Waals surface area (Å²) >= 11 is 0. The Morgan fingerprint density at radius 1 is 1.33 bits per heavy atom. The topological polar surface area (TPSA) is 15.3 Å². The molecule has 1 aromatic rings. The van der Waals surface area contributed by atoms with Crippen LogP contribution in [0.2, 0.25) is 0 Å². The first-order valence-corrected chi connectivity index (χ1v) is 8.27. The van der Waals surface area contributed by atoms with Crippen molar-refractivity contribution in [1.82, 2.24) is 10.2 Å². The number of benzene rings is 1. The number of hydrogen-bond donors (Lipinski definition) is 1. The highest BCUT2D eigenvalue weighted by molar-refractivity contribution is 5.20. The fraction of sp³-hybridized carbons (Fsp3) is 0.579. The van der Waals surface area contributed by atoms with Gasteiger partial charge in [0.15, 0.2) is 0 Å². The third-order valence-electron chi connectivity index (χ3n) is 4.70. The summed E-state index contributed by atoms with van der Waals surface area (Å²) < 4.78 is 0. The molecule has 2 heteroatoms. The predicted octanol–water partition coefficient (Wildman–Crippen LogP) is 4.01. The van der Waals surface area contributed by atoms with Gasteiger partial charge >= 0.3 is 0 Å². The quantitative estimate of drug-likeness (QED) is 0.823. The van der Waals surface area contributed by atoms with Gasteiger partial charge < -0.3 is 5.32 Å². The predicted molar refractivity (Wildman–Crippen MR) is 91.4 cm³/mol. The Morgan fingerprint density at radius 2 is 2.05 bits per heavy atom. The fourth-order valence-corrected chi connectivity index (χ4v) is 3.08. The lowest BCUT2D eigenvalue weighted by atomic mass is 9.92. The van der Waals surface area contributed by atoms with Crippen LogP contribution in [0.15, 0.2) is 42.0 Å². The van der Waals surface area contributed by atoms with Crippen LogP contribution in [-0.4, -0.2) is 30.6 Å². The van der Waals surface area contributed by atoms with Gasteiger partial charge in [0.05, 0.1) is 0 Å². The first-order valence-electron chi connectivity index (χ1n) is 8.27. The Kier molecular flexibility index (Phi) is 6.01. The smallest absolute Gasteiger partial charge is 0.0450 e. The molecule has 0 amide bonds. The molecule has 2 nitrogen and oxygen atoms in total. The van der Waals surface area contributed by atoms with E-state index in [1.165, 1.54) is 17.6 Å². The number of rotatable bonds is 5. The third kappa shape index (κ3) is 4.42. The molecule has 116 valence electrons. The van der Waals surface area contributed by atoms with Gasteiger partial charge in [-0.1, -0.05) is 62.2 Å². The maximum Gasteiger partial charge on any atom is 0.0450 e. The highest BCUT2D eigenvalue weighted by Gasteiger charge is 2.30. The number of nitrogens with zero attached hydrogens (tertiary/aromatic N) is 1. The fourth-order valence-electron chi connectivity index (χ4n) is 3.08. The van der Waals surface area contributed by atoms with E-state index in [1.54, 1.807) is 0 Å². The van der Waals surface area contributed by atoms with Crippen molar-refractivity contribution in [3.63, 3.8) is 0 Å². The summed E-state index contributed by atoms with van der Waals surface area (Å²) in [6, 6.07) is 11.9. The first kappa shape index (κ1) is 16.3. The highest BCUT2D eigenvalue weighted by Crippen LogP contribution is 2.24. The summed E-state index contributed by atoms with van der Waals surface area (Å²) in [5, 5.41) is 3.76. The minimum atomic E-state index is 0.456. The number of allylic oxidation sites excluding steroid dienone is 1. The molecule has 1 aliphatic rings. The molecule has 1 aliphatic heterocycles. The molecule has 0 spiro atoms. The van der Waals surface area contributed by atoms with Crippen LogP contribution in [-0.2, 0) is 0 Å². The van der Waals surface area contributed by atoms with Crippen LogP contribution in [0.1, 0.15) is 45.7 Å². The summed E-state index contributed by atoms with van der Waals surface area (Å²) in [7, 11) is 0.